The van der Waals surface area contributed by atoms with Gasteiger partial charge in [0.2, 0.25) is 0 Å². The Labute approximate surface area is 124 Å². The molecule has 0 saturated carbocycles. The Kier molecular flexibility index (Phi) is 4.22. The second kappa shape index (κ2) is 6.28. The van der Waals surface area contributed by atoms with Crippen LogP contribution in [0.1, 0.15) is 22.9 Å². The summed E-state index contributed by atoms with van der Waals surface area (Å²) in [4.78, 5) is 0. The Morgan fingerprint density at radius 2 is 2.38 bits per heavy atom. The number of hydrogen-bond donors (Lipinski definition) is 1. The Bertz CT molecular complexity index is 609. The molecule has 1 atom stereocenters. The Hall–Kier alpha value is -1.85. The van der Waals surface area contributed by atoms with E-state index >= 15 is 0 Å². The summed E-state index contributed by atoms with van der Waals surface area (Å²) in [6.07, 6.45) is 3.09. The van der Waals surface area contributed by atoms with Crippen molar-refractivity contribution in [2.24, 2.45) is 7.05 Å². The smallest absolute Gasteiger partial charge is 0.119 e. The molecule has 0 amide bonds. The third-order valence-corrected chi connectivity index (χ3v) is 3.73. The first kappa shape index (κ1) is 14.1. The maximum absolute atomic E-state index is 5.84. The van der Waals surface area contributed by atoms with E-state index in [1.54, 1.807) is 7.11 Å². The molecular formula is C16H21N3O2. The van der Waals surface area contributed by atoms with Crippen LogP contribution in [-0.2, 0) is 24.8 Å². The summed E-state index contributed by atoms with van der Waals surface area (Å²) in [5.74, 6) is 0.884. The quantitative estimate of drug-likeness (QED) is 0.911. The SMILES string of the molecule is COc1cccc(CNCC2OCCc3cn(C)nc32)c1. The number of benzene rings is 1. The summed E-state index contributed by atoms with van der Waals surface area (Å²) in [6.45, 7) is 2.32. The third-order valence-electron chi connectivity index (χ3n) is 3.73. The highest BCUT2D eigenvalue weighted by molar-refractivity contribution is 5.28. The average Bonchev–Trinajstić information content (AvgIpc) is 2.88. The van der Waals surface area contributed by atoms with E-state index in [1.807, 2.05) is 29.9 Å². The third kappa shape index (κ3) is 3.25. The summed E-state index contributed by atoms with van der Waals surface area (Å²) in [7, 11) is 3.64. The predicted octanol–water partition coefficient (Wildman–Crippen LogP) is 1.83. The second-order valence-electron chi connectivity index (χ2n) is 5.31. The Morgan fingerprint density at radius 1 is 1.48 bits per heavy atom. The van der Waals surface area contributed by atoms with Gasteiger partial charge >= 0.3 is 0 Å². The minimum absolute atomic E-state index is 0.0422. The number of nitrogens with one attached hydrogen (secondary N) is 1. The summed E-state index contributed by atoms with van der Waals surface area (Å²) in [5, 5.41) is 7.96. The van der Waals surface area contributed by atoms with Crippen molar-refractivity contribution in [1.29, 1.82) is 0 Å². The second-order valence-corrected chi connectivity index (χ2v) is 5.31. The first-order chi connectivity index (χ1) is 10.3. The van der Waals surface area contributed by atoms with Gasteiger partial charge in [-0.05, 0) is 29.7 Å². The fourth-order valence-electron chi connectivity index (χ4n) is 2.69. The van der Waals surface area contributed by atoms with Gasteiger partial charge in [-0.3, -0.25) is 4.68 Å². The lowest BCUT2D eigenvalue weighted by Crippen LogP contribution is -2.27. The zero-order valence-corrected chi connectivity index (χ0v) is 12.5. The normalized spacial score (nSPS) is 17.5. The van der Waals surface area contributed by atoms with Crippen molar-refractivity contribution >= 4 is 0 Å². The molecule has 2 aromatic rings. The number of aryl methyl sites for hydroxylation is 1. The van der Waals surface area contributed by atoms with Gasteiger partial charge in [-0.2, -0.15) is 5.10 Å². The van der Waals surface area contributed by atoms with Gasteiger partial charge < -0.3 is 14.8 Å². The van der Waals surface area contributed by atoms with Crippen LogP contribution in [-0.4, -0.2) is 30.0 Å². The molecule has 0 saturated heterocycles. The molecule has 1 aliphatic rings. The first-order valence-electron chi connectivity index (χ1n) is 7.24. The highest BCUT2D eigenvalue weighted by Crippen LogP contribution is 2.24. The highest BCUT2D eigenvalue weighted by atomic mass is 16.5. The number of methoxy groups -OCH3 is 1. The molecule has 112 valence electrons. The number of hydrogen-bond acceptors (Lipinski definition) is 4. The molecule has 1 aromatic carbocycles. The molecule has 1 N–H and O–H groups in total. The predicted molar refractivity (Wildman–Crippen MR) is 80.3 cm³/mol. The molecular weight excluding hydrogens is 266 g/mol. The van der Waals surface area contributed by atoms with E-state index in [0.29, 0.717) is 0 Å². The number of nitrogens with zero attached hydrogens (tertiary/aromatic N) is 2. The highest BCUT2D eigenvalue weighted by Gasteiger charge is 2.23. The van der Waals surface area contributed by atoms with Crippen LogP contribution < -0.4 is 10.1 Å². The monoisotopic (exact) mass is 287 g/mol. The fraction of sp³-hybridized carbons (Fsp3) is 0.438. The van der Waals surface area contributed by atoms with Crippen LogP contribution in [0.4, 0.5) is 0 Å². The van der Waals surface area contributed by atoms with Gasteiger partial charge in [0.05, 0.1) is 19.4 Å². The van der Waals surface area contributed by atoms with Crippen LogP contribution in [0.3, 0.4) is 0 Å². The van der Waals surface area contributed by atoms with Gasteiger partial charge in [-0.15, -0.1) is 0 Å². The molecule has 0 bridgehead atoms. The molecule has 1 aliphatic heterocycles. The molecule has 21 heavy (non-hydrogen) atoms. The minimum atomic E-state index is 0.0422. The Balaban J connectivity index is 1.58. The van der Waals surface area contributed by atoms with Gasteiger partial charge in [0.15, 0.2) is 0 Å². The van der Waals surface area contributed by atoms with E-state index in [4.69, 9.17) is 9.47 Å². The van der Waals surface area contributed by atoms with Crippen LogP contribution >= 0.6 is 0 Å². The fourth-order valence-corrected chi connectivity index (χ4v) is 2.69. The maximum atomic E-state index is 5.84. The van der Waals surface area contributed by atoms with Crippen molar-refractivity contribution in [3.05, 3.63) is 47.3 Å². The van der Waals surface area contributed by atoms with Crippen LogP contribution in [0.25, 0.3) is 0 Å². The van der Waals surface area contributed by atoms with E-state index in [1.165, 1.54) is 11.1 Å². The van der Waals surface area contributed by atoms with E-state index in [2.05, 4.69) is 22.7 Å². The number of ether oxygens (including phenoxy) is 2. The van der Waals surface area contributed by atoms with Crippen molar-refractivity contribution in [3.63, 3.8) is 0 Å². The van der Waals surface area contributed by atoms with Crippen LogP contribution in [0.15, 0.2) is 30.5 Å². The van der Waals surface area contributed by atoms with Gasteiger partial charge in [0.1, 0.15) is 11.9 Å². The molecule has 2 heterocycles. The van der Waals surface area contributed by atoms with Crippen molar-refractivity contribution in [2.75, 3.05) is 20.3 Å². The summed E-state index contributed by atoms with van der Waals surface area (Å²) < 4.78 is 12.9. The standard InChI is InChI=1S/C16H21N3O2/c1-19-11-13-6-7-21-15(16(13)18-19)10-17-9-12-4-3-5-14(8-12)20-2/h3-5,8,11,15,17H,6-7,9-10H2,1-2H3. The topological polar surface area (TPSA) is 48.3 Å². The van der Waals surface area contributed by atoms with E-state index < -0.39 is 0 Å². The molecule has 0 radical (unpaired) electrons. The lowest BCUT2D eigenvalue weighted by atomic mass is 10.1. The summed E-state index contributed by atoms with van der Waals surface area (Å²) >= 11 is 0. The van der Waals surface area contributed by atoms with Crippen molar-refractivity contribution in [1.82, 2.24) is 15.1 Å². The molecule has 1 unspecified atom stereocenters. The van der Waals surface area contributed by atoms with Crippen LogP contribution in [0.5, 0.6) is 5.75 Å². The minimum Gasteiger partial charge on any atom is -0.497 e. The molecule has 0 spiro atoms. The van der Waals surface area contributed by atoms with Crippen molar-refractivity contribution in [3.8, 4) is 5.75 Å². The average molecular weight is 287 g/mol. The van der Waals surface area contributed by atoms with E-state index in [0.717, 1.165) is 37.6 Å². The molecule has 0 fully saturated rings. The molecule has 5 heteroatoms. The number of aromatic nitrogens is 2. The zero-order chi connectivity index (χ0) is 14.7. The lowest BCUT2D eigenvalue weighted by molar-refractivity contribution is 0.0393. The van der Waals surface area contributed by atoms with Gasteiger partial charge in [-0.1, -0.05) is 12.1 Å². The first-order valence-corrected chi connectivity index (χ1v) is 7.24. The summed E-state index contributed by atoms with van der Waals surface area (Å²) in [6, 6.07) is 8.09. The zero-order valence-electron chi connectivity index (χ0n) is 12.5. The van der Waals surface area contributed by atoms with Crippen molar-refractivity contribution < 1.29 is 9.47 Å². The number of rotatable bonds is 5. The van der Waals surface area contributed by atoms with E-state index in [-0.39, 0.29) is 6.10 Å². The largest absolute Gasteiger partial charge is 0.497 e. The molecule has 3 rings (SSSR count). The van der Waals surface area contributed by atoms with E-state index in [9.17, 15) is 0 Å². The molecule has 5 nitrogen and oxygen atoms in total. The van der Waals surface area contributed by atoms with Gasteiger partial charge in [-0.25, -0.2) is 0 Å². The van der Waals surface area contributed by atoms with Crippen LogP contribution in [0.2, 0.25) is 0 Å². The number of fused-ring (bicyclic) bond motifs is 1. The van der Waals surface area contributed by atoms with Crippen molar-refractivity contribution in [2.45, 2.75) is 19.1 Å². The van der Waals surface area contributed by atoms with Crippen LogP contribution in [0, 0.1) is 0 Å². The maximum Gasteiger partial charge on any atom is 0.119 e. The molecule has 1 aromatic heterocycles. The summed E-state index contributed by atoms with van der Waals surface area (Å²) in [5.41, 5.74) is 3.57. The van der Waals surface area contributed by atoms with Gasteiger partial charge in [0, 0.05) is 26.3 Å². The van der Waals surface area contributed by atoms with Gasteiger partial charge in [0.25, 0.3) is 0 Å². The molecule has 0 aliphatic carbocycles. The Morgan fingerprint density at radius 3 is 3.24 bits per heavy atom. The lowest BCUT2D eigenvalue weighted by Gasteiger charge is -2.22.